The van der Waals surface area contributed by atoms with Gasteiger partial charge >= 0.3 is 6.09 Å². The summed E-state index contributed by atoms with van der Waals surface area (Å²) in [7, 11) is 1.38. The molecular weight excluding hydrogens is 413 g/mol. The molecule has 0 bridgehead atoms. The number of likely N-dealkylation sites (tertiary alicyclic amines) is 1. The van der Waals surface area contributed by atoms with Crippen LogP contribution >= 0.6 is 11.6 Å². The van der Waals surface area contributed by atoms with Gasteiger partial charge in [-0.15, -0.1) is 0 Å². The molecule has 11 heteroatoms. The minimum atomic E-state index is -0.498. The van der Waals surface area contributed by atoms with Crippen LogP contribution in [-0.4, -0.2) is 57.2 Å². The Balaban J connectivity index is 1.51. The molecule has 2 aromatic heterocycles. The number of nitrogens with zero attached hydrogens (tertiary/aromatic N) is 5. The van der Waals surface area contributed by atoms with Crippen LogP contribution < -0.4 is 10.6 Å². The van der Waals surface area contributed by atoms with E-state index in [9.17, 15) is 9.18 Å². The predicted octanol–water partition coefficient (Wildman–Crippen LogP) is 3.60. The second kappa shape index (κ2) is 8.62. The Morgan fingerprint density at radius 2 is 2.07 bits per heavy atom. The molecule has 1 aliphatic heterocycles. The van der Waals surface area contributed by atoms with E-state index in [0.717, 1.165) is 12.8 Å². The lowest BCUT2D eigenvalue weighted by atomic mass is 10.1. The average molecular weight is 432 g/mol. The van der Waals surface area contributed by atoms with Gasteiger partial charge in [0.1, 0.15) is 23.2 Å². The molecule has 0 radical (unpaired) electrons. The molecule has 4 rings (SSSR count). The lowest BCUT2D eigenvalue weighted by molar-refractivity contribution is 0.113. The topological polar surface area (TPSA) is 105 Å². The Hall–Kier alpha value is -3.27. The maximum Gasteiger partial charge on any atom is 0.409 e. The van der Waals surface area contributed by atoms with E-state index >= 15 is 0 Å². The molecule has 1 aromatic carbocycles. The third-order valence-electron chi connectivity index (χ3n) is 4.82. The molecule has 3 aromatic rings. The first-order valence-corrected chi connectivity index (χ1v) is 9.70. The number of aromatic nitrogens is 4. The van der Waals surface area contributed by atoms with Gasteiger partial charge in [-0.25, -0.2) is 29.1 Å². The molecule has 0 spiro atoms. The molecule has 30 heavy (non-hydrogen) atoms. The summed E-state index contributed by atoms with van der Waals surface area (Å²) in [4.78, 5) is 30.6. The highest BCUT2D eigenvalue weighted by atomic mass is 35.5. The van der Waals surface area contributed by atoms with Gasteiger partial charge in [-0.1, -0.05) is 11.6 Å². The Bertz CT molecular complexity index is 1080. The summed E-state index contributed by atoms with van der Waals surface area (Å²) >= 11 is 5.86. The van der Waals surface area contributed by atoms with E-state index in [1.54, 1.807) is 17.2 Å². The van der Waals surface area contributed by atoms with Gasteiger partial charge in [-0.2, -0.15) is 0 Å². The summed E-state index contributed by atoms with van der Waals surface area (Å²) in [6.07, 6.45) is 4.19. The number of carbonyl (C=O) groups is 1. The number of piperidine rings is 1. The largest absolute Gasteiger partial charge is 0.453 e. The number of halogens is 2. The number of carbonyl (C=O) groups excluding carboxylic acids is 1. The van der Waals surface area contributed by atoms with Crippen LogP contribution in [0.5, 0.6) is 0 Å². The van der Waals surface area contributed by atoms with Crippen molar-refractivity contribution in [2.45, 2.75) is 18.9 Å². The number of benzene rings is 1. The molecule has 1 fully saturated rings. The zero-order chi connectivity index (χ0) is 21.1. The highest BCUT2D eigenvalue weighted by Crippen LogP contribution is 2.25. The van der Waals surface area contributed by atoms with Crippen LogP contribution in [0.15, 0.2) is 30.7 Å². The first kappa shape index (κ1) is 20.0. The minimum absolute atomic E-state index is 0.00800. The number of methoxy groups -OCH3 is 1. The fraction of sp³-hybridized carbons (Fsp3) is 0.316. The molecule has 9 nitrogen and oxygen atoms in total. The lowest BCUT2D eigenvalue weighted by Gasteiger charge is -2.31. The first-order valence-electron chi connectivity index (χ1n) is 9.33. The SMILES string of the molecule is COC(=O)N1CCC(Nc2ncc3ncnc(Nc4ccc(F)c(Cl)c4)c3n2)CC1. The molecule has 1 amide bonds. The third-order valence-corrected chi connectivity index (χ3v) is 5.11. The fourth-order valence-electron chi connectivity index (χ4n) is 3.24. The van der Waals surface area contributed by atoms with Crippen molar-refractivity contribution >= 4 is 46.2 Å². The summed E-state index contributed by atoms with van der Waals surface area (Å²) in [5.74, 6) is 0.393. The molecule has 3 heterocycles. The van der Waals surface area contributed by atoms with Crippen LogP contribution in [0.1, 0.15) is 12.8 Å². The van der Waals surface area contributed by atoms with E-state index in [2.05, 4.69) is 30.6 Å². The molecule has 1 aliphatic rings. The molecule has 156 valence electrons. The minimum Gasteiger partial charge on any atom is -0.453 e. The molecule has 2 N–H and O–H groups in total. The van der Waals surface area contributed by atoms with Crippen molar-refractivity contribution < 1.29 is 13.9 Å². The van der Waals surface area contributed by atoms with Crippen LogP contribution in [0.4, 0.5) is 26.6 Å². The molecule has 0 atom stereocenters. The maximum absolute atomic E-state index is 13.4. The summed E-state index contributed by atoms with van der Waals surface area (Å²) in [6.45, 7) is 1.19. The van der Waals surface area contributed by atoms with Crippen molar-refractivity contribution in [3.63, 3.8) is 0 Å². The summed E-state index contributed by atoms with van der Waals surface area (Å²) in [5.41, 5.74) is 1.65. The Labute approximate surface area is 176 Å². The molecule has 1 saturated heterocycles. The first-order chi connectivity index (χ1) is 14.5. The van der Waals surface area contributed by atoms with E-state index in [1.165, 1.54) is 25.6 Å². The van der Waals surface area contributed by atoms with Crippen molar-refractivity contribution in [1.82, 2.24) is 24.8 Å². The molecule has 0 aliphatic carbocycles. The van der Waals surface area contributed by atoms with E-state index in [0.29, 0.717) is 41.6 Å². The van der Waals surface area contributed by atoms with Crippen molar-refractivity contribution in [2.24, 2.45) is 0 Å². The second-order valence-electron chi connectivity index (χ2n) is 6.78. The van der Waals surface area contributed by atoms with Crippen molar-refractivity contribution in [3.05, 3.63) is 41.6 Å². The van der Waals surface area contributed by atoms with E-state index in [4.69, 9.17) is 16.3 Å². The van der Waals surface area contributed by atoms with E-state index in [1.807, 2.05) is 0 Å². The van der Waals surface area contributed by atoms with Crippen LogP contribution in [0, 0.1) is 5.82 Å². The van der Waals surface area contributed by atoms with Crippen molar-refractivity contribution in [1.29, 1.82) is 0 Å². The molecule has 0 unspecified atom stereocenters. The van der Waals surface area contributed by atoms with Gasteiger partial charge in [0.2, 0.25) is 5.95 Å². The number of nitrogens with one attached hydrogen (secondary N) is 2. The highest BCUT2D eigenvalue weighted by Gasteiger charge is 2.23. The Kier molecular flexibility index (Phi) is 5.75. The normalized spacial score (nSPS) is 14.6. The van der Waals surface area contributed by atoms with Crippen LogP contribution in [0.3, 0.4) is 0 Å². The van der Waals surface area contributed by atoms with Crippen LogP contribution in [0.25, 0.3) is 11.0 Å². The van der Waals surface area contributed by atoms with Gasteiger partial charge in [0.15, 0.2) is 5.82 Å². The number of fused-ring (bicyclic) bond motifs is 1. The standard InChI is InChI=1S/C19H19ClFN7O2/c1-30-19(29)28-6-4-11(5-7-28)26-18-22-9-15-16(27-18)17(24-10-23-15)25-12-2-3-14(21)13(20)8-12/h2-3,8-11H,4-7H2,1H3,(H,22,26,27)(H,23,24,25). The van der Waals surface area contributed by atoms with Crippen LogP contribution in [-0.2, 0) is 4.74 Å². The van der Waals surface area contributed by atoms with Gasteiger partial charge in [-0.05, 0) is 31.0 Å². The fourth-order valence-corrected chi connectivity index (χ4v) is 3.42. The average Bonchev–Trinajstić information content (AvgIpc) is 2.77. The third kappa shape index (κ3) is 4.33. The predicted molar refractivity (Wildman–Crippen MR) is 110 cm³/mol. The van der Waals surface area contributed by atoms with Crippen LogP contribution in [0.2, 0.25) is 5.02 Å². The van der Waals surface area contributed by atoms with Gasteiger partial charge in [0, 0.05) is 24.8 Å². The van der Waals surface area contributed by atoms with Gasteiger partial charge < -0.3 is 20.3 Å². The highest BCUT2D eigenvalue weighted by molar-refractivity contribution is 6.31. The number of anilines is 3. The van der Waals surface area contributed by atoms with Gasteiger partial charge in [-0.3, -0.25) is 0 Å². The number of rotatable bonds is 4. The van der Waals surface area contributed by atoms with E-state index in [-0.39, 0.29) is 17.2 Å². The summed E-state index contributed by atoms with van der Waals surface area (Å²) < 4.78 is 18.2. The molecule has 0 saturated carbocycles. The number of ether oxygens (including phenoxy) is 1. The number of amides is 1. The Morgan fingerprint density at radius 3 is 2.80 bits per heavy atom. The quantitative estimate of drug-likeness (QED) is 0.645. The molecular formula is C19H19ClFN7O2. The van der Waals surface area contributed by atoms with Crippen molar-refractivity contribution in [3.8, 4) is 0 Å². The van der Waals surface area contributed by atoms with Gasteiger partial charge in [0.25, 0.3) is 0 Å². The smallest absolute Gasteiger partial charge is 0.409 e. The van der Waals surface area contributed by atoms with E-state index < -0.39 is 5.82 Å². The number of hydrogen-bond acceptors (Lipinski definition) is 8. The second-order valence-corrected chi connectivity index (χ2v) is 7.19. The van der Waals surface area contributed by atoms with Gasteiger partial charge in [0.05, 0.1) is 18.3 Å². The zero-order valence-corrected chi connectivity index (χ0v) is 16.9. The number of hydrogen-bond donors (Lipinski definition) is 2. The lowest BCUT2D eigenvalue weighted by Crippen LogP contribution is -2.42. The zero-order valence-electron chi connectivity index (χ0n) is 16.1. The maximum atomic E-state index is 13.4. The monoisotopic (exact) mass is 431 g/mol. The Morgan fingerprint density at radius 1 is 1.27 bits per heavy atom. The summed E-state index contributed by atoms with van der Waals surface area (Å²) in [6, 6.07) is 4.43. The summed E-state index contributed by atoms with van der Waals surface area (Å²) in [5, 5.41) is 6.40. The van der Waals surface area contributed by atoms with Crippen molar-refractivity contribution in [2.75, 3.05) is 30.8 Å².